The molecule has 0 aliphatic rings. The number of guanidine groups is 1. The Balaban J connectivity index is 0.00000450. The number of carbonyl (C=O) groups excluding carboxylic acids is 1. The van der Waals surface area contributed by atoms with Crippen LogP contribution < -0.4 is 15.4 Å². The fraction of sp³-hybridized carbons (Fsp3) is 0.333. The summed E-state index contributed by atoms with van der Waals surface area (Å²) >= 11 is 0. The number of ether oxygens (including phenoxy) is 1. The van der Waals surface area contributed by atoms with Crippen LogP contribution in [0.3, 0.4) is 0 Å². The van der Waals surface area contributed by atoms with E-state index in [4.69, 9.17) is 0 Å². The zero-order valence-electron chi connectivity index (χ0n) is 17.0. The molecule has 0 saturated carbocycles. The van der Waals surface area contributed by atoms with Crippen LogP contribution in [0.5, 0.6) is 5.75 Å². The molecule has 2 aromatic carbocycles. The topological polar surface area (TPSA) is 66.0 Å². The normalized spacial score (nSPS) is 10.9. The van der Waals surface area contributed by atoms with Gasteiger partial charge in [0.15, 0.2) is 5.96 Å². The smallest absolute Gasteiger partial charge is 0.387 e. The highest BCUT2D eigenvalue weighted by Crippen LogP contribution is 2.15. The van der Waals surface area contributed by atoms with Crippen molar-refractivity contribution >= 4 is 35.8 Å². The van der Waals surface area contributed by atoms with Crippen molar-refractivity contribution in [3.8, 4) is 5.75 Å². The molecule has 0 saturated heterocycles. The van der Waals surface area contributed by atoms with Gasteiger partial charge in [-0.1, -0.05) is 42.5 Å². The van der Waals surface area contributed by atoms with E-state index in [1.54, 1.807) is 19.2 Å². The number of hydrogen-bond acceptors (Lipinski definition) is 3. The summed E-state index contributed by atoms with van der Waals surface area (Å²) in [6.45, 7) is -1.37. The first-order valence-electron chi connectivity index (χ1n) is 9.24. The van der Waals surface area contributed by atoms with E-state index in [-0.39, 0.29) is 35.6 Å². The van der Waals surface area contributed by atoms with Crippen LogP contribution >= 0.6 is 24.0 Å². The Bertz CT molecular complexity index is 789. The van der Waals surface area contributed by atoms with Crippen LogP contribution in [0.2, 0.25) is 0 Å². The summed E-state index contributed by atoms with van der Waals surface area (Å²) in [5, 5.41) is 6.03. The van der Waals surface area contributed by atoms with Gasteiger partial charge in [-0.2, -0.15) is 8.78 Å². The number of nitrogens with one attached hydrogen (secondary N) is 2. The van der Waals surface area contributed by atoms with E-state index >= 15 is 0 Å². The van der Waals surface area contributed by atoms with Gasteiger partial charge in [-0.3, -0.25) is 9.79 Å². The molecule has 0 fully saturated rings. The monoisotopic (exact) mass is 532 g/mol. The Labute approximate surface area is 192 Å². The molecule has 2 rings (SSSR count). The van der Waals surface area contributed by atoms with Crippen molar-refractivity contribution in [2.45, 2.75) is 26.1 Å². The van der Waals surface area contributed by atoms with Crippen LogP contribution in [-0.2, 0) is 17.9 Å². The highest BCUT2D eigenvalue weighted by molar-refractivity contribution is 14.0. The third kappa shape index (κ3) is 9.38. The first-order valence-corrected chi connectivity index (χ1v) is 9.24. The van der Waals surface area contributed by atoms with Gasteiger partial charge in [-0.05, 0) is 23.3 Å². The summed E-state index contributed by atoms with van der Waals surface area (Å²) in [6, 6.07) is 16.2. The van der Waals surface area contributed by atoms with Crippen LogP contribution in [0.1, 0.15) is 17.5 Å². The van der Waals surface area contributed by atoms with Gasteiger partial charge < -0.3 is 20.3 Å². The highest BCUT2D eigenvalue weighted by atomic mass is 127. The molecule has 0 heterocycles. The standard InChI is InChI=1S/C21H26F2N4O2.HI/c1-24-21(25-13-12-19(28)26-14-16-6-4-3-5-7-16)27(2)15-17-8-10-18(11-9-17)29-20(22)23;/h3-11,20H,12-15H2,1-2H3,(H,24,25)(H,26,28);1H. The summed E-state index contributed by atoms with van der Waals surface area (Å²) in [4.78, 5) is 18.1. The Morgan fingerprint density at radius 1 is 1.07 bits per heavy atom. The minimum absolute atomic E-state index is 0. The van der Waals surface area contributed by atoms with Crippen LogP contribution in [0.4, 0.5) is 8.78 Å². The highest BCUT2D eigenvalue weighted by Gasteiger charge is 2.09. The minimum atomic E-state index is -2.84. The fourth-order valence-corrected chi connectivity index (χ4v) is 2.68. The Hall–Kier alpha value is -2.43. The van der Waals surface area contributed by atoms with Crippen molar-refractivity contribution in [2.24, 2.45) is 4.99 Å². The lowest BCUT2D eigenvalue weighted by Gasteiger charge is -2.22. The Morgan fingerprint density at radius 3 is 2.33 bits per heavy atom. The van der Waals surface area contributed by atoms with E-state index in [0.717, 1.165) is 11.1 Å². The van der Waals surface area contributed by atoms with Gasteiger partial charge in [0.25, 0.3) is 0 Å². The van der Waals surface area contributed by atoms with Gasteiger partial charge in [0.05, 0.1) is 0 Å². The van der Waals surface area contributed by atoms with Gasteiger partial charge in [0.2, 0.25) is 5.91 Å². The first-order chi connectivity index (χ1) is 14.0. The molecule has 0 unspecified atom stereocenters. The number of amides is 1. The molecule has 0 atom stereocenters. The van der Waals surface area contributed by atoms with Crippen molar-refractivity contribution in [3.05, 3.63) is 65.7 Å². The SMILES string of the molecule is CN=C(NCCC(=O)NCc1ccccc1)N(C)Cc1ccc(OC(F)F)cc1.I. The summed E-state index contributed by atoms with van der Waals surface area (Å²) in [7, 11) is 3.52. The number of hydrogen-bond donors (Lipinski definition) is 2. The van der Waals surface area contributed by atoms with Crippen LogP contribution in [0.15, 0.2) is 59.6 Å². The predicted molar refractivity (Wildman–Crippen MR) is 124 cm³/mol. The molecule has 9 heteroatoms. The molecule has 6 nitrogen and oxygen atoms in total. The molecule has 2 aromatic rings. The summed E-state index contributed by atoms with van der Waals surface area (Å²) < 4.78 is 28.8. The Kier molecular flexibility index (Phi) is 11.7. The van der Waals surface area contributed by atoms with Gasteiger partial charge in [-0.15, -0.1) is 24.0 Å². The summed E-state index contributed by atoms with van der Waals surface area (Å²) in [5.41, 5.74) is 1.96. The van der Waals surface area contributed by atoms with E-state index in [9.17, 15) is 13.6 Å². The molecule has 164 valence electrons. The number of rotatable bonds is 9. The van der Waals surface area contributed by atoms with Gasteiger partial charge in [0, 0.05) is 40.2 Å². The number of nitrogens with zero attached hydrogens (tertiary/aromatic N) is 2. The second kappa shape index (κ2) is 13.7. The van der Waals surface area contributed by atoms with E-state index in [2.05, 4.69) is 20.4 Å². The van der Waals surface area contributed by atoms with E-state index in [1.165, 1.54) is 12.1 Å². The maximum absolute atomic E-state index is 12.2. The van der Waals surface area contributed by atoms with Crippen LogP contribution in [0.25, 0.3) is 0 Å². The van der Waals surface area contributed by atoms with Gasteiger partial charge in [-0.25, -0.2) is 0 Å². The van der Waals surface area contributed by atoms with Crippen molar-refractivity contribution in [1.29, 1.82) is 0 Å². The zero-order chi connectivity index (χ0) is 21.1. The van der Waals surface area contributed by atoms with E-state index in [1.807, 2.05) is 42.3 Å². The van der Waals surface area contributed by atoms with Gasteiger partial charge >= 0.3 is 6.61 Å². The molecular weight excluding hydrogens is 505 g/mol. The third-order valence-electron chi connectivity index (χ3n) is 4.11. The second-order valence-electron chi connectivity index (χ2n) is 6.36. The lowest BCUT2D eigenvalue weighted by atomic mass is 10.2. The molecule has 0 bridgehead atoms. The van der Waals surface area contributed by atoms with Crippen molar-refractivity contribution in [2.75, 3.05) is 20.6 Å². The molecule has 0 aliphatic carbocycles. The average Bonchev–Trinajstić information content (AvgIpc) is 2.71. The quantitative estimate of drug-likeness (QED) is 0.294. The lowest BCUT2D eigenvalue weighted by molar-refractivity contribution is -0.121. The number of halogens is 3. The largest absolute Gasteiger partial charge is 0.435 e. The van der Waals surface area contributed by atoms with Crippen LogP contribution in [0, 0.1) is 0 Å². The molecule has 30 heavy (non-hydrogen) atoms. The number of benzene rings is 2. The zero-order valence-corrected chi connectivity index (χ0v) is 19.3. The first kappa shape index (κ1) is 25.6. The lowest BCUT2D eigenvalue weighted by Crippen LogP contribution is -2.40. The summed E-state index contributed by atoms with van der Waals surface area (Å²) in [5.74, 6) is 0.707. The van der Waals surface area contributed by atoms with E-state index in [0.29, 0.717) is 32.0 Å². The second-order valence-corrected chi connectivity index (χ2v) is 6.36. The van der Waals surface area contributed by atoms with Gasteiger partial charge in [0.1, 0.15) is 5.75 Å². The van der Waals surface area contributed by atoms with Crippen molar-refractivity contribution < 1.29 is 18.3 Å². The van der Waals surface area contributed by atoms with Crippen LogP contribution in [-0.4, -0.2) is 44.0 Å². The Morgan fingerprint density at radius 2 is 1.73 bits per heavy atom. The maximum Gasteiger partial charge on any atom is 0.387 e. The summed E-state index contributed by atoms with van der Waals surface area (Å²) in [6.07, 6.45) is 0.319. The van der Waals surface area contributed by atoms with Crippen molar-refractivity contribution in [1.82, 2.24) is 15.5 Å². The number of carbonyl (C=O) groups is 1. The molecule has 2 N–H and O–H groups in total. The molecule has 0 spiro atoms. The van der Waals surface area contributed by atoms with E-state index < -0.39 is 6.61 Å². The molecular formula is C21H27F2IN4O2. The third-order valence-corrected chi connectivity index (χ3v) is 4.11. The van der Waals surface area contributed by atoms with Crippen molar-refractivity contribution in [3.63, 3.8) is 0 Å². The molecule has 1 amide bonds. The maximum atomic E-state index is 12.2. The average molecular weight is 532 g/mol. The fourth-order valence-electron chi connectivity index (χ4n) is 2.68. The predicted octanol–water partition coefficient (Wildman–Crippen LogP) is 3.62. The minimum Gasteiger partial charge on any atom is -0.435 e. The number of aliphatic imine (C=N–C) groups is 1. The molecule has 0 radical (unpaired) electrons. The number of alkyl halides is 2. The molecule has 0 aromatic heterocycles. The molecule has 0 aliphatic heterocycles.